The van der Waals surface area contributed by atoms with Crippen molar-refractivity contribution in [2.45, 2.75) is 26.2 Å². The number of allylic oxidation sites excluding steroid dienone is 1. The number of imide groups is 1. The predicted molar refractivity (Wildman–Crippen MR) is 66.0 cm³/mol. The Labute approximate surface area is 101 Å². The Morgan fingerprint density at radius 1 is 1.24 bits per heavy atom. The Bertz CT molecular complexity index is 474. The molecule has 0 radical (unpaired) electrons. The van der Waals surface area contributed by atoms with E-state index in [9.17, 15) is 9.59 Å². The van der Waals surface area contributed by atoms with E-state index in [1.54, 1.807) is 0 Å². The lowest BCUT2D eigenvalue weighted by atomic mass is 9.95. The average molecular weight is 229 g/mol. The van der Waals surface area contributed by atoms with Gasteiger partial charge < -0.3 is 0 Å². The summed E-state index contributed by atoms with van der Waals surface area (Å²) < 4.78 is 0. The zero-order valence-corrected chi connectivity index (χ0v) is 9.82. The summed E-state index contributed by atoms with van der Waals surface area (Å²) in [4.78, 5) is 22.9. The third-order valence-corrected chi connectivity index (χ3v) is 2.85. The van der Waals surface area contributed by atoms with E-state index < -0.39 is 0 Å². The van der Waals surface area contributed by atoms with Crippen molar-refractivity contribution >= 4 is 17.4 Å². The highest BCUT2D eigenvalue weighted by Crippen LogP contribution is 2.27. The van der Waals surface area contributed by atoms with Gasteiger partial charge in [-0.3, -0.25) is 14.9 Å². The topological polar surface area (TPSA) is 46.2 Å². The lowest BCUT2D eigenvalue weighted by Crippen LogP contribution is -2.19. The standard InChI is InChI=1S/C14H15NO2/c1-2-6-11(10-7-4-3-5-8-10)12-9-13(16)15-14(12)17/h3-5,7-8H,2,6,9H2,1H3,(H,15,16,17)/b12-11-. The van der Waals surface area contributed by atoms with Crippen molar-refractivity contribution in [3.63, 3.8) is 0 Å². The molecule has 17 heavy (non-hydrogen) atoms. The summed E-state index contributed by atoms with van der Waals surface area (Å²) in [7, 11) is 0. The van der Waals surface area contributed by atoms with Gasteiger partial charge in [0, 0.05) is 5.57 Å². The van der Waals surface area contributed by atoms with Crippen LogP contribution in [0.1, 0.15) is 31.7 Å². The fourth-order valence-corrected chi connectivity index (χ4v) is 2.09. The molecule has 88 valence electrons. The molecule has 0 saturated carbocycles. The van der Waals surface area contributed by atoms with E-state index in [0.717, 1.165) is 24.0 Å². The molecule has 1 aromatic rings. The minimum absolute atomic E-state index is 0.200. The summed E-state index contributed by atoms with van der Waals surface area (Å²) >= 11 is 0. The Balaban J connectivity index is 2.45. The molecule has 0 aliphatic carbocycles. The van der Waals surface area contributed by atoms with Crippen LogP contribution in [0.15, 0.2) is 35.9 Å². The molecule has 1 aliphatic heterocycles. The second kappa shape index (κ2) is 4.95. The molecule has 1 heterocycles. The minimum atomic E-state index is -0.234. The largest absolute Gasteiger partial charge is 0.292 e. The maximum atomic E-state index is 11.7. The number of hydrogen-bond acceptors (Lipinski definition) is 2. The molecular weight excluding hydrogens is 214 g/mol. The van der Waals surface area contributed by atoms with E-state index >= 15 is 0 Å². The van der Waals surface area contributed by atoms with Crippen LogP contribution in [0.5, 0.6) is 0 Å². The summed E-state index contributed by atoms with van der Waals surface area (Å²) in [6, 6.07) is 9.79. The van der Waals surface area contributed by atoms with Crippen molar-refractivity contribution < 1.29 is 9.59 Å². The smallest absolute Gasteiger partial charge is 0.254 e. The molecule has 1 aromatic carbocycles. The lowest BCUT2D eigenvalue weighted by Gasteiger charge is -2.09. The number of carbonyl (C=O) groups is 2. The number of rotatable bonds is 3. The van der Waals surface area contributed by atoms with E-state index in [1.807, 2.05) is 30.3 Å². The van der Waals surface area contributed by atoms with Gasteiger partial charge in [0.05, 0.1) is 6.42 Å². The van der Waals surface area contributed by atoms with Crippen LogP contribution in [-0.4, -0.2) is 11.8 Å². The van der Waals surface area contributed by atoms with E-state index in [-0.39, 0.29) is 18.2 Å². The van der Waals surface area contributed by atoms with Crippen LogP contribution in [-0.2, 0) is 9.59 Å². The highest BCUT2D eigenvalue weighted by molar-refractivity contribution is 6.17. The maximum Gasteiger partial charge on any atom is 0.254 e. The first-order valence-corrected chi connectivity index (χ1v) is 5.84. The molecule has 1 fully saturated rings. The first-order valence-electron chi connectivity index (χ1n) is 5.84. The fraction of sp³-hybridized carbons (Fsp3) is 0.286. The Hall–Kier alpha value is -1.90. The number of hydrogen-bond donors (Lipinski definition) is 1. The van der Waals surface area contributed by atoms with Gasteiger partial charge in [0.2, 0.25) is 5.91 Å². The molecule has 2 amide bonds. The second-order valence-electron chi connectivity index (χ2n) is 4.13. The quantitative estimate of drug-likeness (QED) is 0.638. The molecule has 0 bridgehead atoms. The number of amides is 2. The number of carbonyl (C=O) groups excluding carboxylic acids is 2. The van der Waals surface area contributed by atoms with Crippen LogP contribution in [0.4, 0.5) is 0 Å². The molecule has 1 aliphatic rings. The van der Waals surface area contributed by atoms with Crippen molar-refractivity contribution in [1.82, 2.24) is 5.32 Å². The summed E-state index contributed by atoms with van der Waals surface area (Å²) in [5.41, 5.74) is 2.66. The van der Waals surface area contributed by atoms with Gasteiger partial charge in [-0.25, -0.2) is 0 Å². The van der Waals surface area contributed by atoms with Gasteiger partial charge in [0.15, 0.2) is 0 Å². The van der Waals surface area contributed by atoms with E-state index in [0.29, 0.717) is 5.57 Å². The van der Waals surface area contributed by atoms with Gasteiger partial charge >= 0.3 is 0 Å². The third kappa shape index (κ3) is 2.44. The highest BCUT2D eigenvalue weighted by atomic mass is 16.2. The van der Waals surface area contributed by atoms with E-state index in [2.05, 4.69) is 12.2 Å². The summed E-state index contributed by atoms with van der Waals surface area (Å²) in [6.07, 6.45) is 1.98. The van der Waals surface area contributed by atoms with Crippen LogP contribution >= 0.6 is 0 Å². The predicted octanol–water partition coefficient (Wildman–Crippen LogP) is 2.29. The zero-order chi connectivity index (χ0) is 12.3. The minimum Gasteiger partial charge on any atom is -0.292 e. The molecule has 0 atom stereocenters. The van der Waals surface area contributed by atoms with Crippen molar-refractivity contribution in [3.05, 3.63) is 41.5 Å². The van der Waals surface area contributed by atoms with Crippen LogP contribution in [0.3, 0.4) is 0 Å². The fourth-order valence-electron chi connectivity index (χ4n) is 2.09. The van der Waals surface area contributed by atoms with E-state index in [4.69, 9.17) is 0 Å². The Morgan fingerprint density at radius 2 is 1.94 bits per heavy atom. The number of benzene rings is 1. The van der Waals surface area contributed by atoms with Crippen molar-refractivity contribution in [2.75, 3.05) is 0 Å². The van der Waals surface area contributed by atoms with Crippen LogP contribution < -0.4 is 5.32 Å². The van der Waals surface area contributed by atoms with Gasteiger partial charge in [-0.1, -0.05) is 43.7 Å². The lowest BCUT2D eigenvalue weighted by molar-refractivity contribution is -0.124. The Kier molecular flexibility index (Phi) is 3.38. The monoisotopic (exact) mass is 229 g/mol. The van der Waals surface area contributed by atoms with Gasteiger partial charge in [0.1, 0.15) is 0 Å². The third-order valence-electron chi connectivity index (χ3n) is 2.85. The molecule has 1 saturated heterocycles. The first kappa shape index (κ1) is 11.6. The first-order chi connectivity index (χ1) is 8.22. The van der Waals surface area contributed by atoms with Crippen LogP contribution in [0, 0.1) is 0 Å². The molecular formula is C14H15NO2. The summed E-state index contributed by atoms with van der Waals surface area (Å²) in [5.74, 6) is -0.433. The molecule has 3 heteroatoms. The van der Waals surface area contributed by atoms with Gasteiger partial charge in [-0.05, 0) is 17.6 Å². The van der Waals surface area contributed by atoms with Gasteiger partial charge in [0.25, 0.3) is 5.91 Å². The SMILES string of the molecule is CCC/C(=C1\CC(=O)NC1=O)c1ccccc1. The molecule has 0 unspecified atom stereocenters. The molecule has 2 rings (SSSR count). The maximum absolute atomic E-state index is 11.7. The highest BCUT2D eigenvalue weighted by Gasteiger charge is 2.27. The zero-order valence-electron chi connectivity index (χ0n) is 9.82. The van der Waals surface area contributed by atoms with Crippen molar-refractivity contribution in [3.8, 4) is 0 Å². The average Bonchev–Trinajstić information content (AvgIpc) is 2.66. The molecule has 0 spiro atoms. The second-order valence-corrected chi connectivity index (χ2v) is 4.13. The molecule has 3 nitrogen and oxygen atoms in total. The van der Waals surface area contributed by atoms with Gasteiger partial charge in [-0.15, -0.1) is 0 Å². The molecule has 0 aromatic heterocycles. The normalized spacial score (nSPS) is 18.2. The summed E-state index contributed by atoms with van der Waals surface area (Å²) in [6.45, 7) is 2.07. The summed E-state index contributed by atoms with van der Waals surface area (Å²) in [5, 5.41) is 2.34. The Morgan fingerprint density at radius 3 is 2.47 bits per heavy atom. The molecule has 1 N–H and O–H groups in total. The number of nitrogens with one attached hydrogen (secondary N) is 1. The van der Waals surface area contributed by atoms with Crippen molar-refractivity contribution in [2.24, 2.45) is 0 Å². The van der Waals surface area contributed by atoms with Gasteiger partial charge in [-0.2, -0.15) is 0 Å². The van der Waals surface area contributed by atoms with Crippen molar-refractivity contribution in [1.29, 1.82) is 0 Å². The van der Waals surface area contributed by atoms with Crippen LogP contribution in [0.2, 0.25) is 0 Å². The van der Waals surface area contributed by atoms with Crippen LogP contribution in [0.25, 0.3) is 5.57 Å². The van der Waals surface area contributed by atoms with E-state index in [1.165, 1.54) is 0 Å².